The summed E-state index contributed by atoms with van der Waals surface area (Å²) in [5.74, 6) is -4.59. The van der Waals surface area contributed by atoms with Crippen molar-refractivity contribution in [3.05, 3.63) is 71.4 Å². The summed E-state index contributed by atoms with van der Waals surface area (Å²) in [6, 6.07) is 14.0. The molecule has 2 aromatic carbocycles. The zero-order valence-corrected chi connectivity index (χ0v) is 24.8. The van der Waals surface area contributed by atoms with Crippen molar-refractivity contribution in [3.63, 3.8) is 0 Å². The lowest BCUT2D eigenvalue weighted by molar-refractivity contribution is -0.239. The fraction of sp³-hybridized carbons (Fsp3) is 0.419. The number of para-hydroxylation sites is 1. The molecule has 7 atom stereocenters. The number of carbonyl (C=O) groups is 4. The van der Waals surface area contributed by atoms with Crippen LogP contribution in [0.4, 0.5) is 0 Å². The van der Waals surface area contributed by atoms with Gasteiger partial charge in [-0.25, -0.2) is 0 Å². The molecule has 0 aliphatic carbocycles. The molecule has 2 unspecified atom stereocenters. The summed E-state index contributed by atoms with van der Waals surface area (Å²) in [5, 5.41) is 55.2. The minimum Gasteiger partial charge on any atom is -0.384 e. The Labute approximate surface area is 247 Å². The van der Waals surface area contributed by atoms with E-state index in [1.807, 2.05) is 19.1 Å². The number of aliphatic hydroxyl groups is 5. The Hall–Kier alpha value is -3.19. The maximum Gasteiger partial charge on any atom is 0.198 e. The number of ketones is 4. The fourth-order valence-corrected chi connectivity index (χ4v) is 7.96. The molecule has 0 radical (unpaired) electrons. The van der Waals surface area contributed by atoms with Gasteiger partial charge in [-0.15, -0.1) is 11.8 Å². The van der Waals surface area contributed by atoms with Crippen LogP contribution < -0.4 is 0 Å². The molecule has 0 spiro atoms. The van der Waals surface area contributed by atoms with E-state index in [0.29, 0.717) is 33.8 Å². The molecule has 0 saturated carbocycles. The molecule has 0 amide bonds. The lowest BCUT2D eigenvalue weighted by Gasteiger charge is -2.58. The quantitative estimate of drug-likeness (QED) is 0.245. The molecule has 42 heavy (non-hydrogen) atoms. The normalized spacial score (nSPS) is 29.2. The monoisotopic (exact) mass is 597 g/mol. The Morgan fingerprint density at radius 2 is 1.43 bits per heavy atom. The molecule has 224 valence electrons. The predicted octanol–water partition coefficient (Wildman–Crippen LogP) is 1.81. The number of benzene rings is 2. The van der Waals surface area contributed by atoms with Gasteiger partial charge in [-0.3, -0.25) is 19.2 Å². The van der Waals surface area contributed by atoms with Gasteiger partial charge >= 0.3 is 0 Å². The third-order valence-corrected chi connectivity index (χ3v) is 10.2. The second-order valence-electron chi connectivity index (χ2n) is 10.9. The zero-order chi connectivity index (χ0) is 31.4. The van der Waals surface area contributed by atoms with Crippen LogP contribution in [0.3, 0.4) is 0 Å². The first-order valence-electron chi connectivity index (χ1n) is 13.5. The number of hydrogen-bond donors (Lipinski definition) is 5. The molecule has 5 N–H and O–H groups in total. The van der Waals surface area contributed by atoms with Crippen LogP contribution in [-0.2, 0) is 25.6 Å². The minimum absolute atomic E-state index is 0.365. The van der Waals surface area contributed by atoms with E-state index in [0.717, 1.165) is 39.7 Å². The van der Waals surface area contributed by atoms with Crippen LogP contribution in [-0.4, -0.2) is 81.4 Å². The number of hydrogen-bond acceptors (Lipinski definition) is 10. The molecule has 4 rings (SSSR count). The summed E-state index contributed by atoms with van der Waals surface area (Å²) >= 11 is 0.509. The molecular weight excluding hydrogens is 562 g/mol. The van der Waals surface area contributed by atoms with Crippen molar-refractivity contribution in [2.45, 2.75) is 80.7 Å². The highest BCUT2D eigenvalue weighted by Gasteiger charge is 2.78. The zero-order valence-electron chi connectivity index (χ0n) is 23.9. The summed E-state index contributed by atoms with van der Waals surface area (Å²) in [6.07, 6.45) is -0.986. The molecule has 3 aromatic rings. The van der Waals surface area contributed by atoms with Gasteiger partial charge in [-0.2, -0.15) is 0 Å². The summed E-state index contributed by atoms with van der Waals surface area (Å²) in [7, 11) is 0. The standard InChI is InChI=1S/C31H35NO9S/c1-6-20-11-13-21(14-12-20)26(38)23-15-32(24-10-8-7-9-22(23)24)28-30(40,18(4)35)31(41,19(5)36)29(39,17(3)34)27(42-28)25(37)16(2)33/h7-15,25-28,37-41H,6H2,1-5H3/t25?,26?,27-,28-,29+,30-,31-/m0/s1. The number of aryl methyl sites for hydroxylation is 1. The number of fused-ring (bicyclic) bond motifs is 1. The molecule has 10 nitrogen and oxygen atoms in total. The Balaban J connectivity index is 2.04. The van der Waals surface area contributed by atoms with Gasteiger partial charge in [0.2, 0.25) is 0 Å². The lowest BCUT2D eigenvalue weighted by Crippen LogP contribution is -2.83. The number of Topliss-reactive ketones (excluding diaryl/α,β-unsaturated/α-hetero) is 4. The largest absolute Gasteiger partial charge is 0.384 e. The van der Waals surface area contributed by atoms with E-state index >= 15 is 0 Å². The first kappa shape index (κ1) is 31.7. The van der Waals surface area contributed by atoms with Crippen LogP contribution in [0.1, 0.15) is 62.8 Å². The molecule has 0 bridgehead atoms. The van der Waals surface area contributed by atoms with Gasteiger partial charge in [0.15, 0.2) is 39.9 Å². The van der Waals surface area contributed by atoms with Gasteiger partial charge in [-0.05, 0) is 51.3 Å². The van der Waals surface area contributed by atoms with Crippen LogP contribution in [0, 0.1) is 0 Å². The molecule has 2 heterocycles. The van der Waals surface area contributed by atoms with Crippen LogP contribution in [0.5, 0.6) is 0 Å². The van der Waals surface area contributed by atoms with Crippen molar-refractivity contribution in [1.82, 2.24) is 4.57 Å². The first-order valence-corrected chi connectivity index (χ1v) is 14.4. The second kappa shape index (κ2) is 11.1. The van der Waals surface area contributed by atoms with Crippen LogP contribution in [0.15, 0.2) is 54.7 Å². The van der Waals surface area contributed by atoms with E-state index in [-0.39, 0.29) is 0 Å². The summed E-state index contributed by atoms with van der Waals surface area (Å²) < 4.78 is 1.36. The number of aromatic nitrogens is 1. The molecule has 11 heteroatoms. The highest BCUT2D eigenvalue weighted by atomic mass is 32.2. The van der Waals surface area contributed by atoms with Crippen molar-refractivity contribution in [2.75, 3.05) is 0 Å². The van der Waals surface area contributed by atoms with E-state index in [9.17, 15) is 44.7 Å². The average Bonchev–Trinajstić information content (AvgIpc) is 3.34. The van der Waals surface area contributed by atoms with E-state index in [1.165, 1.54) is 10.8 Å². The summed E-state index contributed by atoms with van der Waals surface area (Å²) in [5.41, 5.74) is -7.50. The number of carbonyl (C=O) groups excluding carboxylic acids is 4. The van der Waals surface area contributed by atoms with E-state index in [2.05, 4.69) is 0 Å². The van der Waals surface area contributed by atoms with Crippen molar-refractivity contribution < 1.29 is 44.7 Å². The number of nitrogens with zero attached hydrogens (tertiary/aromatic N) is 1. The molecule has 1 aliphatic rings. The number of thioether (sulfide) groups is 1. The second-order valence-corrected chi connectivity index (χ2v) is 12.1. The third-order valence-electron chi connectivity index (χ3n) is 8.46. The smallest absolute Gasteiger partial charge is 0.198 e. The minimum atomic E-state index is -3.48. The van der Waals surface area contributed by atoms with E-state index in [1.54, 1.807) is 36.4 Å². The SMILES string of the molecule is CCc1ccc(C(O)c2cn([C@H]3S[C@@H](C(O)C(C)=O)[C@](O)(C(C)=O)[C@@](O)(C(C)=O)[C@]3(O)C(C)=O)c3ccccc23)cc1. The Morgan fingerprint density at radius 3 is 1.93 bits per heavy atom. The predicted molar refractivity (Wildman–Crippen MR) is 156 cm³/mol. The Morgan fingerprint density at radius 1 is 0.857 bits per heavy atom. The van der Waals surface area contributed by atoms with Crippen molar-refractivity contribution in [1.29, 1.82) is 0 Å². The van der Waals surface area contributed by atoms with E-state index in [4.69, 9.17) is 0 Å². The molecule has 1 saturated heterocycles. The van der Waals surface area contributed by atoms with Crippen LogP contribution in [0.25, 0.3) is 10.9 Å². The molecular formula is C31H35NO9S. The van der Waals surface area contributed by atoms with E-state index < -0.39 is 62.8 Å². The highest BCUT2D eigenvalue weighted by Crippen LogP contribution is 2.58. The average molecular weight is 598 g/mol. The molecule has 1 aromatic heterocycles. The van der Waals surface area contributed by atoms with Crippen LogP contribution in [0.2, 0.25) is 0 Å². The van der Waals surface area contributed by atoms with Crippen molar-refractivity contribution in [2.24, 2.45) is 0 Å². The van der Waals surface area contributed by atoms with Gasteiger partial charge in [0.1, 0.15) is 17.6 Å². The number of rotatable bonds is 9. The number of aliphatic hydroxyl groups excluding tert-OH is 2. The highest BCUT2D eigenvalue weighted by molar-refractivity contribution is 8.00. The maximum atomic E-state index is 13.3. The molecule has 1 fully saturated rings. The van der Waals surface area contributed by atoms with Gasteiger partial charge < -0.3 is 30.1 Å². The van der Waals surface area contributed by atoms with Gasteiger partial charge in [0, 0.05) is 22.7 Å². The first-order chi connectivity index (χ1) is 19.6. The maximum absolute atomic E-state index is 13.3. The summed E-state index contributed by atoms with van der Waals surface area (Å²) in [6.45, 7) is 5.54. The van der Waals surface area contributed by atoms with Gasteiger partial charge in [0.25, 0.3) is 0 Å². The fourth-order valence-electron chi connectivity index (χ4n) is 5.97. The molecule has 1 aliphatic heterocycles. The topological polar surface area (TPSA) is 174 Å². The van der Waals surface area contributed by atoms with Gasteiger partial charge in [-0.1, -0.05) is 49.4 Å². The van der Waals surface area contributed by atoms with Crippen molar-refractivity contribution >= 4 is 45.8 Å². The van der Waals surface area contributed by atoms with Crippen LogP contribution >= 0.6 is 11.8 Å². The Bertz CT molecular complexity index is 1570. The lowest BCUT2D eigenvalue weighted by atomic mass is 9.62. The third kappa shape index (κ3) is 4.38. The van der Waals surface area contributed by atoms with Crippen molar-refractivity contribution in [3.8, 4) is 0 Å². The summed E-state index contributed by atoms with van der Waals surface area (Å²) in [4.78, 5) is 51.8. The van der Waals surface area contributed by atoms with Gasteiger partial charge in [0.05, 0.1) is 5.25 Å². The Kier molecular flexibility index (Phi) is 8.42.